The van der Waals surface area contributed by atoms with Gasteiger partial charge >= 0.3 is 0 Å². The van der Waals surface area contributed by atoms with Crippen LogP contribution < -0.4 is 14.8 Å². The van der Waals surface area contributed by atoms with Gasteiger partial charge in [-0.2, -0.15) is 0 Å². The number of ether oxygens (including phenoxy) is 2. The second-order valence-electron chi connectivity index (χ2n) is 8.60. The third kappa shape index (κ3) is 5.21. The topological polar surface area (TPSA) is 89.1 Å². The number of anilines is 1. The fourth-order valence-electron chi connectivity index (χ4n) is 4.18. The smallest absolute Gasteiger partial charge is 0.247 e. The molecule has 0 unspecified atom stereocenters. The van der Waals surface area contributed by atoms with Gasteiger partial charge in [0.1, 0.15) is 18.0 Å². The molecule has 0 radical (unpaired) electrons. The maximum Gasteiger partial charge on any atom is 0.247 e. The molecule has 0 aliphatic carbocycles. The molecule has 5 aromatic rings. The van der Waals surface area contributed by atoms with Crippen LogP contribution in [0.15, 0.2) is 91.9 Å². The Hall–Kier alpha value is -4.91. The molecule has 0 saturated carbocycles. The lowest BCUT2D eigenvalue weighted by molar-refractivity contribution is -0.111. The van der Waals surface area contributed by atoms with Gasteiger partial charge in [0.15, 0.2) is 0 Å². The Kier molecular flexibility index (Phi) is 6.68. The Morgan fingerprint density at radius 3 is 2.70 bits per heavy atom. The molecule has 0 spiro atoms. The summed E-state index contributed by atoms with van der Waals surface area (Å²) in [5.41, 5.74) is 7.28. The molecule has 7 nitrogen and oxygen atoms in total. The molecule has 0 aliphatic rings. The van der Waals surface area contributed by atoms with Crippen molar-refractivity contribution in [3.8, 4) is 33.9 Å². The van der Waals surface area contributed by atoms with E-state index in [0.29, 0.717) is 23.9 Å². The summed E-state index contributed by atoms with van der Waals surface area (Å²) in [5.74, 6) is 0.869. The van der Waals surface area contributed by atoms with E-state index < -0.39 is 0 Å². The fraction of sp³-hybridized carbons (Fsp3) is 0.100. The molecule has 1 amide bonds. The number of aromatic nitrogens is 3. The van der Waals surface area contributed by atoms with Crippen molar-refractivity contribution >= 4 is 22.6 Å². The number of hydrogen-bond acceptors (Lipinski definition) is 5. The summed E-state index contributed by atoms with van der Waals surface area (Å²) in [6.45, 7) is 5.98. The number of amides is 1. The summed E-state index contributed by atoms with van der Waals surface area (Å²) in [7, 11) is 1.59. The van der Waals surface area contributed by atoms with Gasteiger partial charge in [-0.05, 0) is 42.3 Å². The van der Waals surface area contributed by atoms with Gasteiger partial charge < -0.3 is 19.8 Å². The highest BCUT2D eigenvalue weighted by Crippen LogP contribution is 2.38. The molecule has 2 aromatic carbocycles. The number of benzene rings is 2. The summed E-state index contributed by atoms with van der Waals surface area (Å²) in [6, 6.07) is 19.8. The van der Waals surface area contributed by atoms with Crippen LogP contribution in [0.1, 0.15) is 11.1 Å². The summed E-state index contributed by atoms with van der Waals surface area (Å²) in [6.07, 6.45) is 6.65. The van der Waals surface area contributed by atoms with Gasteiger partial charge in [0.25, 0.3) is 0 Å². The van der Waals surface area contributed by atoms with Gasteiger partial charge in [0.05, 0.1) is 13.3 Å². The van der Waals surface area contributed by atoms with Crippen LogP contribution in [0.5, 0.6) is 11.6 Å². The van der Waals surface area contributed by atoms with Crippen molar-refractivity contribution < 1.29 is 14.3 Å². The van der Waals surface area contributed by atoms with Crippen LogP contribution in [0.2, 0.25) is 0 Å². The predicted molar refractivity (Wildman–Crippen MR) is 146 cm³/mol. The minimum Gasteiger partial charge on any atom is -0.487 e. The van der Waals surface area contributed by atoms with E-state index in [-0.39, 0.29) is 5.91 Å². The van der Waals surface area contributed by atoms with Gasteiger partial charge in [0, 0.05) is 46.2 Å². The number of nitrogens with zero attached hydrogens (tertiary/aromatic N) is 2. The predicted octanol–water partition coefficient (Wildman–Crippen LogP) is 6.31. The first kappa shape index (κ1) is 23.8. The standard InChI is InChI=1S/C30H26N4O3/c1-4-28(35)34-23-10-6-9-21(12-23)22-13-25-26(16-33-30(25)32-15-22)24-14-29(36-3)31-17-27(24)37-18-20-8-5-7-19(2)11-20/h4-17H,1,18H2,2-3H3,(H,32,33)(H,34,35). The van der Waals surface area contributed by atoms with Crippen molar-refractivity contribution in [3.63, 3.8) is 0 Å². The number of rotatable bonds is 8. The number of H-pyrrole nitrogens is 1. The molecule has 184 valence electrons. The first-order chi connectivity index (χ1) is 18.0. The largest absolute Gasteiger partial charge is 0.487 e. The van der Waals surface area contributed by atoms with Crippen molar-refractivity contribution in [3.05, 3.63) is 103 Å². The van der Waals surface area contributed by atoms with Crippen molar-refractivity contribution in [1.82, 2.24) is 15.0 Å². The molecule has 2 N–H and O–H groups in total. The molecular weight excluding hydrogens is 464 g/mol. The van der Waals surface area contributed by atoms with Gasteiger partial charge in [0.2, 0.25) is 11.8 Å². The van der Waals surface area contributed by atoms with Gasteiger partial charge in [-0.3, -0.25) is 4.79 Å². The van der Waals surface area contributed by atoms with E-state index in [0.717, 1.165) is 38.9 Å². The zero-order valence-electron chi connectivity index (χ0n) is 20.6. The average molecular weight is 491 g/mol. The quantitative estimate of drug-likeness (QED) is 0.249. The number of pyridine rings is 2. The van der Waals surface area contributed by atoms with E-state index in [1.165, 1.54) is 11.6 Å². The Morgan fingerprint density at radius 1 is 1.03 bits per heavy atom. The summed E-state index contributed by atoms with van der Waals surface area (Å²) < 4.78 is 11.6. The maximum absolute atomic E-state index is 11.7. The second-order valence-corrected chi connectivity index (χ2v) is 8.60. The monoisotopic (exact) mass is 490 g/mol. The average Bonchev–Trinajstić information content (AvgIpc) is 3.35. The molecular formula is C30H26N4O3. The zero-order valence-corrected chi connectivity index (χ0v) is 20.6. The number of hydrogen-bond donors (Lipinski definition) is 2. The summed E-state index contributed by atoms with van der Waals surface area (Å²) >= 11 is 0. The molecule has 7 heteroatoms. The third-order valence-electron chi connectivity index (χ3n) is 6.00. The number of fused-ring (bicyclic) bond motifs is 1. The van der Waals surface area contributed by atoms with E-state index >= 15 is 0 Å². The lowest BCUT2D eigenvalue weighted by Gasteiger charge is -2.13. The number of aryl methyl sites for hydroxylation is 1. The van der Waals surface area contributed by atoms with Crippen molar-refractivity contribution in [2.24, 2.45) is 0 Å². The van der Waals surface area contributed by atoms with Crippen LogP contribution in [-0.4, -0.2) is 28.0 Å². The fourth-order valence-corrected chi connectivity index (χ4v) is 4.18. The zero-order chi connectivity index (χ0) is 25.8. The van der Waals surface area contributed by atoms with Crippen molar-refractivity contribution in [1.29, 1.82) is 0 Å². The highest BCUT2D eigenvalue weighted by molar-refractivity contribution is 6.00. The van der Waals surface area contributed by atoms with Crippen LogP contribution in [0.4, 0.5) is 5.69 Å². The second kappa shape index (κ2) is 10.4. The van der Waals surface area contributed by atoms with Gasteiger partial charge in [-0.25, -0.2) is 9.97 Å². The Labute approximate surface area is 214 Å². The lowest BCUT2D eigenvalue weighted by atomic mass is 10.0. The Balaban J connectivity index is 1.53. The van der Waals surface area contributed by atoms with Crippen LogP contribution in [0.3, 0.4) is 0 Å². The molecule has 5 rings (SSSR count). The summed E-state index contributed by atoms with van der Waals surface area (Å²) in [4.78, 5) is 24.0. The lowest BCUT2D eigenvalue weighted by Crippen LogP contribution is -2.06. The van der Waals surface area contributed by atoms with Crippen LogP contribution in [-0.2, 0) is 11.4 Å². The number of aromatic amines is 1. The van der Waals surface area contributed by atoms with Crippen molar-refractivity contribution in [2.45, 2.75) is 13.5 Å². The van der Waals surface area contributed by atoms with Crippen LogP contribution in [0.25, 0.3) is 33.3 Å². The van der Waals surface area contributed by atoms with E-state index in [1.54, 1.807) is 19.5 Å². The van der Waals surface area contributed by atoms with Crippen molar-refractivity contribution in [2.75, 3.05) is 12.4 Å². The molecule has 0 aliphatic heterocycles. The minimum atomic E-state index is -0.261. The first-order valence-electron chi connectivity index (χ1n) is 11.8. The Morgan fingerprint density at radius 2 is 1.89 bits per heavy atom. The highest BCUT2D eigenvalue weighted by Gasteiger charge is 2.16. The number of carbonyl (C=O) groups excluding carboxylic acids is 1. The third-order valence-corrected chi connectivity index (χ3v) is 6.00. The van der Waals surface area contributed by atoms with E-state index in [2.05, 4.69) is 52.0 Å². The maximum atomic E-state index is 11.7. The molecule has 0 fully saturated rings. The summed E-state index contributed by atoms with van der Waals surface area (Å²) in [5, 5.41) is 3.72. The van der Waals surface area contributed by atoms with E-state index in [1.807, 2.05) is 48.7 Å². The van der Waals surface area contributed by atoms with Gasteiger partial charge in [-0.15, -0.1) is 0 Å². The molecule has 0 bridgehead atoms. The van der Waals surface area contributed by atoms with E-state index in [9.17, 15) is 4.79 Å². The van der Waals surface area contributed by atoms with Gasteiger partial charge in [-0.1, -0.05) is 48.5 Å². The molecule has 0 saturated heterocycles. The van der Waals surface area contributed by atoms with Crippen LogP contribution in [0, 0.1) is 6.92 Å². The molecule has 0 atom stereocenters. The molecule has 37 heavy (non-hydrogen) atoms. The SMILES string of the molecule is C=CC(=O)Nc1cccc(-c2cnc3[nH]cc(-c4cc(OC)ncc4OCc4cccc(C)c4)c3c2)c1. The van der Waals surface area contributed by atoms with E-state index in [4.69, 9.17) is 9.47 Å². The molecule has 3 aromatic heterocycles. The number of nitrogens with one attached hydrogen (secondary N) is 2. The Bertz CT molecular complexity index is 1610. The minimum absolute atomic E-state index is 0.261. The normalized spacial score (nSPS) is 10.8. The highest BCUT2D eigenvalue weighted by atomic mass is 16.5. The van der Waals surface area contributed by atoms with Crippen LogP contribution >= 0.6 is 0 Å². The number of carbonyl (C=O) groups is 1. The number of methoxy groups -OCH3 is 1. The molecule has 3 heterocycles. The first-order valence-corrected chi connectivity index (χ1v) is 11.8.